The third-order valence-corrected chi connectivity index (χ3v) is 5.14. The molecule has 30 heavy (non-hydrogen) atoms. The van der Waals surface area contributed by atoms with E-state index in [-0.39, 0.29) is 24.9 Å². The summed E-state index contributed by atoms with van der Waals surface area (Å²) in [7, 11) is -3.83. The Morgan fingerprint density at radius 3 is 2.50 bits per heavy atom. The van der Waals surface area contributed by atoms with Crippen molar-refractivity contribution >= 4 is 21.9 Å². The first kappa shape index (κ1) is 21.5. The van der Waals surface area contributed by atoms with E-state index in [4.69, 9.17) is 9.84 Å². The molecule has 0 spiro atoms. The summed E-state index contributed by atoms with van der Waals surface area (Å²) in [6.45, 7) is 2.18. The highest BCUT2D eigenvalue weighted by atomic mass is 32.2. The number of anilines is 1. The van der Waals surface area contributed by atoms with E-state index in [0.29, 0.717) is 17.5 Å². The molecule has 0 fully saturated rings. The standard InChI is InChI=1S/C22H23N3O4S/c1-17-8-10-19(11-9-17)20-21(23-16-24-22(20)29-14-5-13-26)25-30(27,28)15-12-18-6-3-2-4-7-18/h2-4,6-12,15-16,26H,5,13-14H2,1H3,(H,23,24,25)/b15-12+. The van der Waals surface area contributed by atoms with Crippen LogP contribution in [-0.2, 0) is 10.0 Å². The first-order valence-electron chi connectivity index (χ1n) is 9.40. The Morgan fingerprint density at radius 2 is 1.80 bits per heavy atom. The first-order valence-corrected chi connectivity index (χ1v) is 10.9. The average molecular weight is 426 g/mol. The second kappa shape index (κ2) is 10.00. The molecule has 0 aliphatic carbocycles. The molecule has 2 N–H and O–H groups in total. The predicted molar refractivity (Wildman–Crippen MR) is 117 cm³/mol. The molecular formula is C22H23N3O4S. The molecule has 0 saturated heterocycles. The number of hydrogen-bond donors (Lipinski definition) is 2. The molecule has 156 valence electrons. The van der Waals surface area contributed by atoms with Crippen molar-refractivity contribution in [2.24, 2.45) is 0 Å². The minimum Gasteiger partial charge on any atom is -0.477 e. The zero-order valence-electron chi connectivity index (χ0n) is 16.5. The Balaban J connectivity index is 1.95. The van der Waals surface area contributed by atoms with Crippen LogP contribution >= 0.6 is 0 Å². The number of nitrogens with one attached hydrogen (secondary N) is 1. The quantitative estimate of drug-likeness (QED) is 0.508. The van der Waals surface area contributed by atoms with Gasteiger partial charge in [0.2, 0.25) is 5.88 Å². The van der Waals surface area contributed by atoms with Crippen LogP contribution in [0.2, 0.25) is 0 Å². The number of aliphatic hydroxyl groups is 1. The van der Waals surface area contributed by atoms with Crippen LogP contribution in [0.1, 0.15) is 17.5 Å². The highest BCUT2D eigenvalue weighted by Gasteiger charge is 2.18. The van der Waals surface area contributed by atoms with Crippen LogP contribution in [0.3, 0.4) is 0 Å². The zero-order chi connectivity index (χ0) is 21.4. The lowest BCUT2D eigenvalue weighted by atomic mass is 10.1. The van der Waals surface area contributed by atoms with Gasteiger partial charge in [0.1, 0.15) is 6.33 Å². The van der Waals surface area contributed by atoms with Crippen molar-refractivity contribution < 1.29 is 18.3 Å². The second-order valence-corrected chi connectivity index (χ2v) is 8.12. The molecule has 0 aliphatic rings. The molecular weight excluding hydrogens is 402 g/mol. The largest absolute Gasteiger partial charge is 0.477 e. The van der Waals surface area contributed by atoms with Gasteiger partial charge in [0.05, 0.1) is 17.6 Å². The van der Waals surface area contributed by atoms with E-state index in [9.17, 15) is 8.42 Å². The first-order chi connectivity index (χ1) is 14.5. The normalized spacial score (nSPS) is 11.5. The maximum Gasteiger partial charge on any atom is 0.256 e. The number of benzene rings is 2. The van der Waals surface area contributed by atoms with Crippen LogP contribution in [-0.4, -0.2) is 36.7 Å². The summed E-state index contributed by atoms with van der Waals surface area (Å²) in [5.74, 6) is 0.359. The summed E-state index contributed by atoms with van der Waals surface area (Å²) in [4.78, 5) is 8.31. The number of aryl methyl sites for hydroxylation is 1. The van der Waals surface area contributed by atoms with Crippen molar-refractivity contribution in [2.75, 3.05) is 17.9 Å². The van der Waals surface area contributed by atoms with Gasteiger partial charge in [-0.15, -0.1) is 0 Å². The van der Waals surface area contributed by atoms with Gasteiger partial charge in [-0.25, -0.2) is 18.4 Å². The van der Waals surface area contributed by atoms with Gasteiger partial charge in [0, 0.05) is 13.0 Å². The summed E-state index contributed by atoms with van der Waals surface area (Å²) in [5.41, 5.74) is 2.97. The van der Waals surface area contributed by atoms with Gasteiger partial charge in [0.15, 0.2) is 5.82 Å². The average Bonchev–Trinajstić information content (AvgIpc) is 2.74. The Morgan fingerprint density at radius 1 is 1.07 bits per heavy atom. The lowest BCUT2D eigenvalue weighted by Gasteiger charge is -2.14. The molecule has 7 nitrogen and oxygen atoms in total. The predicted octanol–water partition coefficient (Wildman–Crippen LogP) is 3.63. The number of ether oxygens (including phenoxy) is 1. The monoisotopic (exact) mass is 425 g/mol. The molecule has 3 aromatic rings. The second-order valence-electron chi connectivity index (χ2n) is 6.55. The number of aromatic nitrogens is 2. The van der Waals surface area contributed by atoms with Crippen LogP contribution in [0.25, 0.3) is 17.2 Å². The van der Waals surface area contributed by atoms with Crippen molar-refractivity contribution in [1.82, 2.24) is 9.97 Å². The maximum atomic E-state index is 12.7. The molecule has 0 radical (unpaired) electrons. The summed E-state index contributed by atoms with van der Waals surface area (Å²) < 4.78 is 33.5. The molecule has 0 bridgehead atoms. The van der Waals surface area contributed by atoms with Crippen LogP contribution in [0.5, 0.6) is 5.88 Å². The van der Waals surface area contributed by atoms with Gasteiger partial charge in [-0.1, -0.05) is 60.2 Å². The molecule has 0 aliphatic heterocycles. The Labute approximate surface area is 176 Å². The van der Waals surface area contributed by atoms with Crippen molar-refractivity contribution in [3.63, 3.8) is 0 Å². The van der Waals surface area contributed by atoms with Crippen LogP contribution in [0.15, 0.2) is 66.3 Å². The molecule has 1 aromatic heterocycles. The van der Waals surface area contributed by atoms with E-state index < -0.39 is 10.0 Å². The molecule has 1 heterocycles. The maximum absolute atomic E-state index is 12.7. The van der Waals surface area contributed by atoms with Crippen LogP contribution in [0, 0.1) is 6.92 Å². The smallest absolute Gasteiger partial charge is 0.256 e. The van der Waals surface area contributed by atoms with Gasteiger partial charge < -0.3 is 9.84 Å². The van der Waals surface area contributed by atoms with Crippen molar-refractivity contribution in [1.29, 1.82) is 0 Å². The fourth-order valence-corrected chi connectivity index (χ4v) is 3.50. The zero-order valence-corrected chi connectivity index (χ0v) is 17.3. The van der Waals surface area contributed by atoms with Crippen LogP contribution < -0.4 is 9.46 Å². The topological polar surface area (TPSA) is 101 Å². The van der Waals surface area contributed by atoms with Gasteiger partial charge in [-0.2, -0.15) is 0 Å². The molecule has 2 aromatic carbocycles. The number of rotatable bonds is 9. The van der Waals surface area contributed by atoms with E-state index >= 15 is 0 Å². The number of hydrogen-bond acceptors (Lipinski definition) is 6. The molecule has 0 amide bonds. The summed E-state index contributed by atoms with van der Waals surface area (Å²) in [6.07, 6.45) is 3.18. The van der Waals surface area contributed by atoms with Gasteiger partial charge in [-0.05, 0) is 24.1 Å². The van der Waals surface area contributed by atoms with E-state index in [1.165, 1.54) is 12.4 Å². The summed E-state index contributed by atoms with van der Waals surface area (Å²) in [6, 6.07) is 16.7. The van der Waals surface area contributed by atoms with E-state index in [1.807, 2.05) is 61.5 Å². The Bertz CT molecular complexity index is 1100. The van der Waals surface area contributed by atoms with E-state index in [0.717, 1.165) is 16.5 Å². The van der Waals surface area contributed by atoms with Crippen molar-refractivity contribution in [2.45, 2.75) is 13.3 Å². The SMILES string of the molecule is Cc1ccc(-c2c(NS(=O)(=O)/C=C/c3ccccc3)ncnc2OCCCO)cc1. The minimum atomic E-state index is -3.83. The fourth-order valence-electron chi connectivity index (χ4n) is 2.67. The lowest BCUT2D eigenvalue weighted by Crippen LogP contribution is -2.13. The molecule has 0 unspecified atom stereocenters. The Hall–Kier alpha value is -3.23. The van der Waals surface area contributed by atoms with E-state index in [2.05, 4.69) is 14.7 Å². The van der Waals surface area contributed by atoms with Crippen molar-refractivity contribution in [3.05, 3.63) is 77.5 Å². The van der Waals surface area contributed by atoms with Gasteiger partial charge in [-0.3, -0.25) is 4.72 Å². The van der Waals surface area contributed by atoms with Gasteiger partial charge in [0.25, 0.3) is 10.0 Å². The number of aliphatic hydroxyl groups excluding tert-OH is 1. The molecule has 0 saturated carbocycles. The third kappa shape index (κ3) is 5.88. The summed E-state index contributed by atoms with van der Waals surface area (Å²) in [5, 5.41) is 10.1. The highest BCUT2D eigenvalue weighted by Crippen LogP contribution is 2.34. The van der Waals surface area contributed by atoms with Gasteiger partial charge >= 0.3 is 0 Å². The number of sulfonamides is 1. The van der Waals surface area contributed by atoms with Crippen molar-refractivity contribution in [3.8, 4) is 17.0 Å². The lowest BCUT2D eigenvalue weighted by molar-refractivity contribution is 0.229. The van der Waals surface area contributed by atoms with Crippen LogP contribution in [0.4, 0.5) is 5.82 Å². The molecule has 3 rings (SSSR count). The number of nitrogens with zero attached hydrogens (tertiary/aromatic N) is 2. The molecule has 8 heteroatoms. The third-order valence-electron chi connectivity index (χ3n) is 4.17. The molecule has 0 atom stereocenters. The fraction of sp³-hybridized carbons (Fsp3) is 0.182. The Kier molecular flexibility index (Phi) is 7.16. The minimum absolute atomic E-state index is 0.0191. The highest BCUT2D eigenvalue weighted by molar-refractivity contribution is 7.95. The summed E-state index contributed by atoms with van der Waals surface area (Å²) >= 11 is 0. The van der Waals surface area contributed by atoms with E-state index in [1.54, 1.807) is 0 Å².